The van der Waals surface area contributed by atoms with Crippen LogP contribution in [0.1, 0.15) is 118 Å². The Balaban J connectivity index is 1.09. The maximum absolute atomic E-state index is 13.8. The molecule has 0 saturated carbocycles. The second kappa shape index (κ2) is 25.3. The number of carbonyl (C=O) groups excluding carboxylic acids is 6. The molecule has 6 rings (SSSR count). The molecule has 6 amide bonds. The third-order valence-corrected chi connectivity index (χ3v) is 13.4. The van der Waals surface area contributed by atoms with Gasteiger partial charge >= 0.3 is 0 Å². The molecule has 0 aliphatic heterocycles. The van der Waals surface area contributed by atoms with Crippen molar-refractivity contribution in [3.8, 4) is 0 Å². The van der Waals surface area contributed by atoms with Crippen molar-refractivity contribution in [1.29, 1.82) is 0 Å². The van der Waals surface area contributed by atoms with Gasteiger partial charge in [-0.3, -0.25) is 28.8 Å². The summed E-state index contributed by atoms with van der Waals surface area (Å²) in [6, 6.07) is 3.19. The van der Waals surface area contributed by atoms with Gasteiger partial charge in [-0.2, -0.15) is 0 Å². The van der Waals surface area contributed by atoms with Crippen LogP contribution in [0.5, 0.6) is 0 Å². The highest BCUT2D eigenvalue weighted by Crippen LogP contribution is 2.24. The van der Waals surface area contributed by atoms with Crippen LogP contribution in [0.4, 0.5) is 33.3 Å². The van der Waals surface area contributed by atoms with Crippen LogP contribution in [0.2, 0.25) is 0 Å². The zero-order chi connectivity index (χ0) is 52.9. The summed E-state index contributed by atoms with van der Waals surface area (Å²) in [5.41, 5.74) is 14.2. The van der Waals surface area contributed by atoms with Gasteiger partial charge in [-0.25, -0.2) is 19.9 Å². The van der Waals surface area contributed by atoms with E-state index in [1.807, 2.05) is 38.0 Å². The van der Waals surface area contributed by atoms with Crippen molar-refractivity contribution in [2.45, 2.75) is 71.9 Å². The SMILES string of the molecule is Cc1nc(N)sc1C(=O)Nc1cn(CCCCCCCn2cc(NC(=O)c3sc(N)nc3C)nc2C(=O)Nc2cc(C(=O)NCCCN(C)C)n(C)c2)c(C(=O)Nc2cc(C(=O)NCCCN(C)C)n(C)c2)n1. The van der Waals surface area contributed by atoms with Crippen molar-refractivity contribution >= 4 is 91.4 Å². The number of aromatic nitrogens is 8. The first kappa shape index (κ1) is 54.9. The Morgan fingerprint density at radius 2 is 0.904 bits per heavy atom. The van der Waals surface area contributed by atoms with Crippen LogP contribution < -0.4 is 43.4 Å². The monoisotopic (exact) mass is 1040 g/mol. The molecule has 392 valence electrons. The predicted octanol–water partition coefficient (Wildman–Crippen LogP) is 4.47. The Kier molecular flexibility index (Phi) is 19.0. The van der Waals surface area contributed by atoms with E-state index in [4.69, 9.17) is 11.5 Å². The molecule has 0 aliphatic carbocycles. The van der Waals surface area contributed by atoms with Crippen LogP contribution in [0, 0.1) is 13.8 Å². The number of unbranched alkanes of at least 4 members (excludes halogenated alkanes) is 4. The summed E-state index contributed by atoms with van der Waals surface area (Å²) in [6.45, 7) is 6.81. The van der Waals surface area contributed by atoms with Gasteiger partial charge in [-0.15, -0.1) is 0 Å². The van der Waals surface area contributed by atoms with E-state index < -0.39 is 23.6 Å². The molecule has 73 heavy (non-hydrogen) atoms. The number of imidazole rings is 2. The maximum Gasteiger partial charge on any atom is 0.291 e. The number of nitrogens with two attached hydrogens (primary N) is 2. The summed E-state index contributed by atoms with van der Waals surface area (Å²) < 4.78 is 6.64. The van der Waals surface area contributed by atoms with Gasteiger partial charge in [-0.05, 0) is 92.9 Å². The summed E-state index contributed by atoms with van der Waals surface area (Å²) in [4.78, 5) is 102. The summed E-state index contributed by atoms with van der Waals surface area (Å²) in [7, 11) is 11.3. The van der Waals surface area contributed by atoms with Gasteiger partial charge in [0, 0.05) is 65.1 Å². The summed E-state index contributed by atoms with van der Waals surface area (Å²) in [5, 5.41) is 17.6. The first-order valence-corrected chi connectivity index (χ1v) is 25.4. The quantitative estimate of drug-likeness (QED) is 0.0348. The number of anilines is 6. The largest absolute Gasteiger partial charge is 0.375 e. The number of rotatable bonds is 26. The molecule has 0 fully saturated rings. The molecule has 0 bridgehead atoms. The highest BCUT2D eigenvalue weighted by Gasteiger charge is 2.24. The van der Waals surface area contributed by atoms with Crippen LogP contribution in [-0.4, -0.2) is 138 Å². The molecule has 0 aromatic carbocycles. The Bertz CT molecular complexity index is 2730. The van der Waals surface area contributed by atoms with E-state index in [1.165, 1.54) is 0 Å². The standard InChI is InChI=1S/C47H66N18O6S2/c1-28-36(72-46(48)52-28)42(68)58-34-26-64(38(56-34)44(70)54-30-22-32(62(7)24-30)40(66)50-16-14-18-60(3)4)20-12-10-9-11-13-21-65-27-35(59-43(69)37-29(2)53-47(49)73-37)57-39(65)45(71)55-31-23-33(63(8)25-31)41(67)51-17-15-19-61(5)6/h22-27H,9-21H2,1-8H3,(H2,48,52)(H2,49,53)(H,50,66)(H,51,67)(H,54,70)(H,55,71)(H,58,68)(H,59,69). The maximum atomic E-state index is 13.8. The molecule has 24 nitrogen and oxygen atoms in total. The molecule has 26 heteroatoms. The number of aryl methyl sites for hydroxylation is 6. The van der Waals surface area contributed by atoms with Gasteiger partial charge in [0.2, 0.25) is 11.6 Å². The van der Waals surface area contributed by atoms with Gasteiger partial charge in [0.1, 0.15) is 21.1 Å². The van der Waals surface area contributed by atoms with Crippen molar-refractivity contribution in [2.24, 2.45) is 14.1 Å². The fraction of sp³-hybridized carbons (Fsp3) is 0.447. The van der Waals surface area contributed by atoms with Gasteiger partial charge in [0.25, 0.3) is 35.4 Å². The van der Waals surface area contributed by atoms with Crippen LogP contribution in [0.25, 0.3) is 0 Å². The number of hydrogen-bond acceptors (Lipinski definition) is 16. The lowest BCUT2D eigenvalue weighted by Crippen LogP contribution is -2.28. The second-order valence-electron chi connectivity index (χ2n) is 18.1. The Morgan fingerprint density at radius 1 is 0.521 bits per heavy atom. The normalized spacial score (nSPS) is 11.3. The molecule has 0 atom stereocenters. The van der Waals surface area contributed by atoms with Gasteiger partial charge in [-0.1, -0.05) is 41.9 Å². The van der Waals surface area contributed by atoms with Gasteiger partial charge in [0.05, 0.1) is 22.8 Å². The molecule has 6 heterocycles. The predicted molar refractivity (Wildman–Crippen MR) is 284 cm³/mol. The fourth-order valence-corrected chi connectivity index (χ4v) is 9.28. The van der Waals surface area contributed by atoms with Crippen molar-refractivity contribution in [3.05, 3.63) is 81.1 Å². The molecule has 0 spiro atoms. The smallest absolute Gasteiger partial charge is 0.291 e. The first-order valence-electron chi connectivity index (χ1n) is 23.8. The lowest BCUT2D eigenvalue weighted by molar-refractivity contribution is 0.0936. The topological polar surface area (TPSA) is 304 Å². The molecular weight excluding hydrogens is 977 g/mol. The highest BCUT2D eigenvalue weighted by molar-refractivity contribution is 7.17. The molecular formula is C47H66N18O6S2. The van der Waals surface area contributed by atoms with Crippen LogP contribution in [-0.2, 0) is 27.2 Å². The Labute approximate surface area is 431 Å². The molecule has 0 unspecified atom stereocenters. The molecule has 6 aromatic heterocycles. The highest BCUT2D eigenvalue weighted by atomic mass is 32.1. The second-order valence-corrected chi connectivity index (χ2v) is 20.1. The molecule has 6 aromatic rings. The third kappa shape index (κ3) is 15.3. The van der Waals surface area contributed by atoms with Crippen molar-refractivity contribution in [2.75, 3.05) is 87.1 Å². The number of hydrogen-bond donors (Lipinski definition) is 8. The number of amides is 6. The first-order chi connectivity index (χ1) is 34.8. The lowest BCUT2D eigenvalue weighted by atomic mass is 10.1. The van der Waals surface area contributed by atoms with E-state index in [0.29, 0.717) is 82.9 Å². The third-order valence-electron chi connectivity index (χ3n) is 11.4. The van der Waals surface area contributed by atoms with Crippen molar-refractivity contribution < 1.29 is 28.8 Å². The average Bonchev–Trinajstić information content (AvgIpc) is 4.19. The average molecular weight is 1040 g/mol. The minimum atomic E-state index is -0.534. The van der Waals surface area contributed by atoms with E-state index in [9.17, 15) is 28.8 Å². The van der Waals surface area contributed by atoms with Crippen LogP contribution >= 0.6 is 22.7 Å². The fourth-order valence-electron chi connectivity index (χ4n) is 7.82. The minimum absolute atomic E-state index is 0.0581. The van der Waals surface area contributed by atoms with Gasteiger partial charge < -0.3 is 71.4 Å². The van der Waals surface area contributed by atoms with E-state index >= 15 is 0 Å². The molecule has 0 aliphatic rings. The van der Waals surface area contributed by atoms with Crippen LogP contribution in [0.3, 0.4) is 0 Å². The minimum Gasteiger partial charge on any atom is -0.375 e. The zero-order valence-corrected chi connectivity index (χ0v) is 44.2. The number of carbonyl (C=O) groups is 6. The summed E-state index contributed by atoms with van der Waals surface area (Å²) >= 11 is 2.10. The summed E-state index contributed by atoms with van der Waals surface area (Å²) in [6.07, 6.45) is 11.7. The van der Waals surface area contributed by atoms with E-state index in [2.05, 4.69) is 51.8 Å². The van der Waals surface area contributed by atoms with Crippen molar-refractivity contribution in [1.82, 2.24) is 58.6 Å². The molecule has 0 radical (unpaired) electrons. The lowest BCUT2D eigenvalue weighted by Gasteiger charge is -2.10. The number of nitrogens with one attached hydrogen (secondary N) is 6. The number of nitrogen functional groups attached to an aromatic ring is 2. The van der Waals surface area contributed by atoms with Crippen molar-refractivity contribution in [3.63, 3.8) is 0 Å². The van der Waals surface area contributed by atoms with E-state index in [0.717, 1.165) is 67.9 Å². The zero-order valence-electron chi connectivity index (χ0n) is 42.5. The summed E-state index contributed by atoms with van der Waals surface area (Å²) in [5.74, 6) is -2.07. The Morgan fingerprint density at radius 3 is 1.26 bits per heavy atom. The molecule has 0 saturated heterocycles. The van der Waals surface area contributed by atoms with Crippen LogP contribution in [0.15, 0.2) is 36.9 Å². The number of nitrogens with zero attached hydrogens (tertiary/aromatic N) is 10. The Hall–Kier alpha value is -7.42. The van der Waals surface area contributed by atoms with E-state index in [1.54, 1.807) is 83.1 Å². The van der Waals surface area contributed by atoms with Gasteiger partial charge in [0.15, 0.2) is 21.9 Å². The van der Waals surface area contributed by atoms with E-state index in [-0.39, 0.29) is 45.4 Å². The number of thiazole rings is 2. The molecule has 10 N–H and O–H groups in total.